The van der Waals surface area contributed by atoms with Crippen molar-refractivity contribution in [2.45, 2.75) is 71.0 Å². The number of Topliss-reactive ketones (excluding diaryl/α,β-unsaturated/α-hetero) is 1. The largest absolute Gasteiger partial charge is 1.00 e. The molecule has 0 bridgehead atoms. The van der Waals surface area contributed by atoms with Crippen LogP contribution in [0, 0.1) is 5.41 Å². The van der Waals surface area contributed by atoms with Crippen molar-refractivity contribution < 1.29 is 77.5 Å². The number of nitrogens with one attached hydrogen (secondary N) is 1. The number of carbonyl (C=O) groups excluding carboxylic acids is 1. The van der Waals surface area contributed by atoms with Crippen molar-refractivity contribution in [3.63, 3.8) is 0 Å². The van der Waals surface area contributed by atoms with E-state index in [9.17, 15) is 22.9 Å². The number of carbonyl (C=O) groups is 1. The molecule has 196 valence electrons. The van der Waals surface area contributed by atoms with Gasteiger partial charge in [0, 0.05) is 19.1 Å². The molecular weight excluding hydrogens is 493 g/mol. The minimum atomic E-state index is -4.73. The molecule has 1 fully saturated rings. The van der Waals surface area contributed by atoms with E-state index in [-0.39, 0.29) is 44.2 Å². The van der Waals surface area contributed by atoms with Crippen LogP contribution in [-0.4, -0.2) is 81.4 Å². The molecule has 6 atom stereocenters. The molecule has 1 aromatic rings. The molecule has 0 aromatic heterocycles. The number of ketones is 1. The van der Waals surface area contributed by atoms with Gasteiger partial charge >= 0.3 is 39.9 Å². The summed E-state index contributed by atoms with van der Waals surface area (Å²) in [5.74, 6) is 0.102. The standard InChI is InChI=1S/C22H35NO10S.Na.H/c1-7-31-18-15(23-34(26,27)28)17(32-12-13-8-10-14(29-5)11-9-13)19(33-21(18)30-6)16(24)20(25)22(2,3)4;;/h8-11,15-19,21,23-24H,7,12H2,1-6H3,(H,26,27,28);;/q;+1;-1/t15-,16?,17-,18-,19+,21-;;/m0../s1. The van der Waals surface area contributed by atoms with Crippen molar-refractivity contribution >= 4 is 16.1 Å². The molecule has 0 saturated carbocycles. The summed E-state index contributed by atoms with van der Waals surface area (Å²) in [4.78, 5) is 12.9. The number of rotatable bonds is 11. The Kier molecular flexibility index (Phi) is 12.7. The number of hydrogen-bond donors (Lipinski definition) is 3. The molecule has 3 N–H and O–H groups in total. The summed E-state index contributed by atoms with van der Waals surface area (Å²) in [6, 6.07) is 5.70. The van der Waals surface area contributed by atoms with E-state index >= 15 is 0 Å². The maximum Gasteiger partial charge on any atom is 1.00 e. The number of ether oxygens (including phenoxy) is 5. The van der Waals surface area contributed by atoms with Crippen LogP contribution in [0.2, 0.25) is 0 Å². The minimum Gasteiger partial charge on any atom is -1.00 e. The zero-order valence-electron chi connectivity index (χ0n) is 22.3. The molecule has 1 unspecified atom stereocenters. The van der Waals surface area contributed by atoms with Gasteiger partial charge in [0.1, 0.15) is 30.2 Å². The summed E-state index contributed by atoms with van der Waals surface area (Å²) in [5.41, 5.74) is -0.210. The summed E-state index contributed by atoms with van der Waals surface area (Å²) in [5, 5.41) is 11.0. The summed E-state index contributed by atoms with van der Waals surface area (Å²) in [7, 11) is -1.88. The average Bonchev–Trinajstić information content (AvgIpc) is 2.77. The van der Waals surface area contributed by atoms with Gasteiger partial charge in [0.05, 0.1) is 19.8 Å². The SMILES string of the molecule is CCO[C@@H]1[C@@H](OC)O[C@H](C(O)C(=O)C(C)(C)C)[C@@H](OCc2ccc(OC)cc2)[C@@H]1NS(=O)(=O)O.[H-].[Na+]. The maximum absolute atomic E-state index is 12.9. The molecule has 0 amide bonds. The molecular formula is C22H36NNaO10S. The van der Waals surface area contributed by atoms with E-state index in [1.807, 2.05) is 0 Å². The van der Waals surface area contributed by atoms with Crippen molar-refractivity contribution in [1.29, 1.82) is 0 Å². The first kappa shape index (κ1) is 32.4. The second kappa shape index (κ2) is 13.8. The van der Waals surface area contributed by atoms with Crippen LogP contribution in [0.15, 0.2) is 24.3 Å². The first-order valence-electron chi connectivity index (χ1n) is 10.8. The summed E-state index contributed by atoms with van der Waals surface area (Å²) >= 11 is 0. The normalized spacial score (nSPS) is 26.0. The van der Waals surface area contributed by atoms with Gasteiger partial charge in [-0.1, -0.05) is 32.9 Å². The fraction of sp³-hybridized carbons (Fsp3) is 0.682. The Morgan fingerprint density at radius 1 is 1.17 bits per heavy atom. The van der Waals surface area contributed by atoms with Crippen LogP contribution >= 0.6 is 0 Å². The van der Waals surface area contributed by atoms with E-state index in [2.05, 4.69) is 4.72 Å². The molecule has 35 heavy (non-hydrogen) atoms. The third kappa shape index (κ3) is 9.00. The quantitative estimate of drug-likeness (QED) is 0.222. The topological polar surface area (TPSA) is 150 Å². The van der Waals surface area contributed by atoms with Crippen molar-refractivity contribution in [3.05, 3.63) is 29.8 Å². The van der Waals surface area contributed by atoms with Crippen molar-refractivity contribution in [3.8, 4) is 5.75 Å². The van der Waals surface area contributed by atoms with E-state index in [0.717, 1.165) is 0 Å². The number of benzene rings is 1. The van der Waals surface area contributed by atoms with Gasteiger partial charge < -0.3 is 30.2 Å². The number of methoxy groups -OCH3 is 2. The van der Waals surface area contributed by atoms with Crippen LogP contribution in [0.4, 0.5) is 0 Å². The van der Waals surface area contributed by atoms with Crippen LogP contribution in [0.25, 0.3) is 0 Å². The third-order valence-corrected chi connectivity index (χ3v) is 5.96. The van der Waals surface area contributed by atoms with Gasteiger partial charge in [-0.05, 0) is 24.6 Å². The van der Waals surface area contributed by atoms with E-state index < -0.39 is 58.3 Å². The van der Waals surface area contributed by atoms with Gasteiger partial charge in [-0.2, -0.15) is 13.1 Å². The molecule has 11 nitrogen and oxygen atoms in total. The number of hydrogen-bond acceptors (Lipinski definition) is 9. The van der Waals surface area contributed by atoms with Crippen LogP contribution in [0.5, 0.6) is 5.75 Å². The number of aliphatic hydroxyl groups is 1. The second-order valence-corrected chi connectivity index (χ2v) is 10.1. The second-order valence-electron chi connectivity index (χ2n) is 8.93. The number of aliphatic hydroxyl groups excluding tert-OH is 1. The van der Waals surface area contributed by atoms with E-state index in [0.29, 0.717) is 11.3 Å². The Morgan fingerprint density at radius 3 is 2.23 bits per heavy atom. The molecule has 1 heterocycles. The van der Waals surface area contributed by atoms with Crippen molar-refractivity contribution in [2.24, 2.45) is 5.41 Å². The molecule has 1 aromatic carbocycles. The Hall–Kier alpha value is -0.640. The molecule has 2 rings (SSSR count). The zero-order chi connectivity index (χ0) is 25.7. The molecule has 1 aliphatic rings. The Labute approximate surface area is 230 Å². The molecule has 0 aliphatic carbocycles. The summed E-state index contributed by atoms with van der Waals surface area (Å²) < 4.78 is 63.3. The third-order valence-electron chi connectivity index (χ3n) is 5.39. The Morgan fingerprint density at radius 2 is 1.77 bits per heavy atom. The van der Waals surface area contributed by atoms with Crippen LogP contribution in [-0.2, 0) is 40.7 Å². The van der Waals surface area contributed by atoms with E-state index in [4.69, 9.17) is 23.7 Å². The van der Waals surface area contributed by atoms with Gasteiger partial charge in [-0.3, -0.25) is 9.35 Å². The molecule has 0 radical (unpaired) electrons. The fourth-order valence-electron chi connectivity index (χ4n) is 3.70. The average molecular weight is 530 g/mol. The first-order chi connectivity index (χ1) is 15.8. The smallest absolute Gasteiger partial charge is 1.00 e. The Balaban J connectivity index is 0.00000612. The predicted octanol–water partition coefficient (Wildman–Crippen LogP) is -1.79. The predicted molar refractivity (Wildman–Crippen MR) is 123 cm³/mol. The van der Waals surface area contributed by atoms with Gasteiger partial charge in [0.25, 0.3) is 0 Å². The first-order valence-corrected chi connectivity index (χ1v) is 12.3. The van der Waals surface area contributed by atoms with Crippen molar-refractivity contribution in [2.75, 3.05) is 20.8 Å². The van der Waals surface area contributed by atoms with E-state index in [1.54, 1.807) is 52.0 Å². The minimum absolute atomic E-state index is 0. The molecule has 1 aliphatic heterocycles. The maximum atomic E-state index is 12.9. The van der Waals surface area contributed by atoms with Gasteiger partial charge in [-0.15, -0.1) is 0 Å². The van der Waals surface area contributed by atoms with Gasteiger partial charge in [0.15, 0.2) is 12.1 Å². The summed E-state index contributed by atoms with van der Waals surface area (Å²) in [6.07, 6.45) is -6.44. The van der Waals surface area contributed by atoms with Crippen LogP contribution < -0.4 is 39.0 Å². The Bertz CT molecular complexity index is 912. The van der Waals surface area contributed by atoms with Crippen LogP contribution in [0.3, 0.4) is 0 Å². The fourth-order valence-corrected chi connectivity index (χ4v) is 4.31. The molecule has 13 heteroatoms. The summed E-state index contributed by atoms with van der Waals surface area (Å²) in [6.45, 7) is 6.74. The van der Waals surface area contributed by atoms with Crippen molar-refractivity contribution in [1.82, 2.24) is 4.72 Å². The zero-order valence-corrected chi connectivity index (χ0v) is 24.1. The monoisotopic (exact) mass is 529 g/mol. The van der Waals surface area contributed by atoms with Gasteiger partial charge in [-0.25, -0.2) is 0 Å². The molecule has 0 spiro atoms. The van der Waals surface area contributed by atoms with E-state index in [1.165, 1.54) is 14.2 Å². The van der Waals surface area contributed by atoms with Crippen LogP contribution in [0.1, 0.15) is 34.7 Å². The van der Waals surface area contributed by atoms with Gasteiger partial charge in [0.2, 0.25) is 0 Å². The molecule has 1 saturated heterocycles.